The summed E-state index contributed by atoms with van der Waals surface area (Å²) in [5.74, 6) is -5.36. The standard InChI is InChI=1S/C15H20F3N3O2/c1-3-8-21(13(23)6-7-19-2)9-12(22)20-11-5-4-10(16)14(17)15(11)18/h4-5,19H,3,6-9H2,1-2H3,(H,20,22). The van der Waals surface area contributed by atoms with E-state index >= 15 is 0 Å². The number of halogens is 3. The molecule has 1 aromatic rings. The van der Waals surface area contributed by atoms with Crippen molar-refractivity contribution in [3.05, 3.63) is 29.6 Å². The molecule has 8 heteroatoms. The Morgan fingerprint density at radius 3 is 2.48 bits per heavy atom. The molecule has 0 aliphatic carbocycles. The Morgan fingerprint density at radius 1 is 1.17 bits per heavy atom. The molecule has 1 rings (SSSR count). The normalized spacial score (nSPS) is 10.5. The molecule has 0 bridgehead atoms. The van der Waals surface area contributed by atoms with Crippen molar-refractivity contribution in [2.75, 3.05) is 32.0 Å². The third kappa shape index (κ3) is 5.55. The van der Waals surface area contributed by atoms with Gasteiger partial charge in [-0.3, -0.25) is 9.59 Å². The number of benzene rings is 1. The van der Waals surface area contributed by atoms with E-state index in [1.165, 1.54) is 4.90 Å². The third-order valence-corrected chi connectivity index (χ3v) is 3.08. The highest BCUT2D eigenvalue weighted by molar-refractivity contribution is 5.94. The van der Waals surface area contributed by atoms with E-state index in [0.29, 0.717) is 19.5 Å². The van der Waals surface area contributed by atoms with Crippen LogP contribution in [-0.4, -0.2) is 43.4 Å². The van der Waals surface area contributed by atoms with Crippen molar-refractivity contribution in [2.24, 2.45) is 0 Å². The Hall–Kier alpha value is -2.09. The quantitative estimate of drug-likeness (QED) is 0.715. The monoisotopic (exact) mass is 331 g/mol. The van der Waals surface area contributed by atoms with Crippen molar-refractivity contribution in [1.82, 2.24) is 10.2 Å². The van der Waals surface area contributed by atoms with Gasteiger partial charge in [-0.05, 0) is 25.6 Å². The van der Waals surface area contributed by atoms with Crippen LogP contribution in [0, 0.1) is 17.5 Å². The van der Waals surface area contributed by atoms with Crippen molar-refractivity contribution in [3.63, 3.8) is 0 Å². The number of rotatable bonds is 8. The summed E-state index contributed by atoms with van der Waals surface area (Å²) < 4.78 is 39.5. The average molecular weight is 331 g/mol. The average Bonchev–Trinajstić information content (AvgIpc) is 2.52. The second-order valence-electron chi connectivity index (χ2n) is 4.94. The molecule has 0 radical (unpaired) electrons. The molecule has 0 unspecified atom stereocenters. The molecule has 0 aromatic heterocycles. The molecule has 2 amide bonds. The number of anilines is 1. The smallest absolute Gasteiger partial charge is 0.244 e. The van der Waals surface area contributed by atoms with Gasteiger partial charge in [0.15, 0.2) is 17.5 Å². The number of hydrogen-bond acceptors (Lipinski definition) is 3. The molecule has 0 saturated carbocycles. The van der Waals surface area contributed by atoms with Gasteiger partial charge < -0.3 is 15.5 Å². The van der Waals surface area contributed by atoms with Crippen molar-refractivity contribution in [1.29, 1.82) is 0 Å². The van der Waals surface area contributed by atoms with Gasteiger partial charge in [-0.1, -0.05) is 6.92 Å². The zero-order chi connectivity index (χ0) is 17.4. The van der Waals surface area contributed by atoms with Gasteiger partial charge in [0, 0.05) is 19.5 Å². The lowest BCUT2D eigenvalue weighted by atomic mass is 10.2. The van der Waals surface area contributed by atoms with Crippen LogP contribution < -0.4 is 10.6 Å². The van der Waals surface area contributed by atoms with E-state index in [2.05, 4.69) is 10.6 Å². The van der Waals surface area contributed by atoms with E-state index in [0.717, 1.165) is 12.1 Å². The largest absolute Gasteiger partial charge is 0.333 e. The van der Waals surface area contributed by atoms with Crippen molar-refractivity contribution in [2.45, 2.75) is 19.8 Å². The molecule has 128 valence electrons. The fourth-order valence-corrected chi connectivity index (χ4v) is 1.94. The third-order valence-electron chi connectivity index (χ3n) is 3.08. The summed E-state index contributed by atoms with van der Waals surface area (Å²) in [6.07, 6.45) is 0.876. The SMILES string of the molecule is CCCN(CC(=O)Nc1ccc(F)c(F)c1F)C(=O)CCNC. The van der Waals surface area contributed by atoms with Gasteiger partial charge in [0.2, 0.25) is 11.8 Å². The van der Waals surface area contributed by atoms with E-state index in [-0.39, 0.29) is 18.9 Å². The van der Waals surface area contributed by atoms with Crippen molar-refractivity contribution >= 4 is 17.5 Å². The van der Waals surface area contributed by atoms with Crippen LogP contribution in [0.3, 0.4) is 0 Å². The molecule has 0 heterocycles. The first kappa shape index (κ1) is 19.0. The van der Waals surface area contributed by atoms with Gasteiger partial charge in [-0.15, -0.1) is 0 Å². The van der Waals surface area contributed by atoms with E-state index in [9.17, 15) is 22.8 Å². The Labute approximate surface area is 132 Å². The number of carbonyl (C=O) groups excluding carboxylic acids is 2. The summed E-state index contributed by atoms with van der Waals surface area (Å²) in [6, 6.07) is 1.65. The Balaban J connectivity index is 2.72. The Kier molecular flexibility index (Phi) is 7.53. The Morgan fingerprint density at radius 2 is 1.87 bits per heavy atom. The van der Waals surface area contributed by atoms with Gasteiger partial charge in [-0.25, -0.2) is 13.2 Å². The molecular weight excluding hydrogens is 311 g/mol. The van der Waals surface area contributed by atoms with E-state index < -0.39 is 29.0 Å². The number of amides is 2. The maximum Gasteiger partial charge on any atom is 0.244 e. The fourth-order valence-electron chi connectivity index (χ4n) is 1.94. The van der Waals surface area contributed by atoms with Crippen LogP contribution in [0.5, 0.6) is 0 Å². The van der Waals surface area contributed by atoms with E-state index in [1.807, 2.05) is 6.92 Å². The topological polar surface area (TPSA) is 61.4 Å². The molecule has 0 aliphatic rings. The van der Waals surface area contributed by atoms with Crippen LogP contribution in [0.1, 0.15) is 19.8 Å². The summed E-state index contributed by atoms with van der Waals surface area (Å²) >= 11 is 0. The van der Waals surface area contributed by atoms with E-state index in [4.69, 9.17) is 0 Å². The second-order valence-corrected chi connectivity index (χ2v) is 4.94. The maximum absolute atomic E-state index is 13.5. The molecule has 0 aliphatic heterocycles. The Bertz CT molecular complexity index is 567. The molecule has 0 spiro atoms. The number of hydrogen-bond donors (Lipinski definition) is 2. The van der Waals surface area contributed by atoms with Gasteiger partial charge in [0.25, 0.3) is 0 Å². The number of nitrogens with one attached hydrogen (secondary N) is 2. The second kappa shape index (κ2) is 9.14. The lowest BCUT2D eigenvalue weighted by Gasteiger charge is -2.21. The number of carbonyl (C=O) groups is 2. The van der Waals surface area contributed by atoms with Crippen molar-refractivity contribution in [3.8, 4) is 0 Å². The van der Waals surface area contributed by atoms with Crippen molar-refractivity contribution < 1.29 is 22.8 Å². The molecule has 0 fully saturated rings. The first-order valence-corrected chi connectivity index (χ1v) is 7.26. The number of nitrogens with zero attached hydrogens (tertiary/aromatic N) is 1. The maximum atomic E-state index is 13.5. The van der Waals surface area contributed by atoms with Crippen LogP contribution in [0.25, 0.3) is 0 Å². The summed E-state index contributed by atoms with van der Waals surface area (Å²) in [4.78, 5) is 25.2. The first-order chi connectivity index (χ1) is 10.9. The van der Waals surface area contributed by atoms with Gasteiger partial charge >= 0.3 is 0 Å². The van der Waals surface area contributed by atoms with Gasteiger partial charge in [-0.2, -0.15) is 0 Å². The summed E-state index contributed by atoms with van der Waals surface area (Å²) in [5.41, 5.74) is -0.465. The van der Waals surface area contributed by atoms with Crippen LogP contribution in [0.4, 0.5) is 18.9 Å². The van der Waals surface area contributed by atoms with Crippen LogP contribution in [0.2, 0.25) is 0 Å². The molecule has 0 atom stereocenters. The van der Waals surface area contributed by atoms with Gasteiger partial charge in [0.05, 0.1) is 12.2 Å². The van der Waals surface area contributed by atoms with Gasteiger partial charge in [0.1, 0.15) is 0 Å². The molecule has 2 N–H and O–H groups in total. The summed E-state index contributed by atoms with van der Waals surface area (Å²) in [6.45, 7) is 2.41. The first-order valence-electron chi connectivity index (χ1n) is 7.26. The van der Waals surface area contributed by atoms with Crippen LogP contribution in [0.15, 0.2) is 12.1 Å². The highest BCUT2D eigenvalue weighted by atomic mass is 19.2. The molecule has 5 nitrogen and oxygen atoms in total. The highest BCUT2D eigenvalue weighted by Gasteiger charge is 2.19. The lowest BCUT2D eigenvalue weighted by Crippen LogP contribution is -2.39. The predicted octanol–water partition coefficient (Wildman–Crippen LogP) is 1.89. The summed E-state index contributed by atoms with van der Waals surface area (Å²) in [5, 5.41) is 4.98. The zero-order valence-corrected chi connectivity index (χ0v) is 13.1. The van der Waals surface area contributed by atoms with Crippen LogP contribution >= 0.6 is 0 Å². The highest BCUT2D eigenvalue weighted by Crippen LogP contribution is 2.19. The molecule has 0 saturated heterocycles. The van der Waals surface area contributed by atoms with E-state index in [1.54, 1.807) is 7.05 Å². The van der Waals surface area contributed by atoms with Crippen LogP contribution in [-0.2, 0) is 9.59 Å². The summed E-state index contributed by atoms with van der Waals surface area (Å²) in [7, 11) is 1.70. The zero-order valence-electron chi connectivity index (χ0n) is 13.1. The lowest BCUT2D eigenvalue weighted by molar-refractivity contribution is -0.134. The fraction of sp³-hybridized carbons (Fsp3) is 0.467. The predicted molar refractivity (Wildman–Crippen MR) is 80.4 cm³/mol. The minimum Gasteiger partial charge on any atom is -0.333 e. The molecule has 1 aromatic carbocycles. The minimum atomic E-state index is -1.65. The minimum absolute atomic E-state index is 0.220. The molecule has 23 heavy (non-hydrogen) atoms. The molecular formula is C15H20F3N3O2.